The van der Waals surface area contributed by atoms with Gasteiger partial charge in [-0.25, -0.2) is 9.97 Å². The van der Waals surface area contributed by atoms with E-state index in [1.807, 2.05) is 36.9 Å². The zero-order chi connectivity index (χ0) is 16.4. The highest BCUT2D eigenvalue weighted by Gasteiger charge is 2.20. The number of amides is 1. The quantitative estimate of drug-likeness (QED) is 0.815. The van der Waals surface area contributed by atoms with Crippen LogP contribution in [0.25, 0.3) is 11.9 Å². The molecular formula is C17H20N4O2. The minimum atomic E-state index is 0.0875. The van der Waals surface area contributed by atoms with Crippen LogP contribution in [-0.2, 0) is 4.79 Å². The lowest BCUT2D eigenvalue weighted by atomic mass is 10.0. The van der Waals surface area contributed by atoms with E-state index in [9.17, 15) is 4.79 Å². The Morgan fingerprint density at radius 1 is 1.35 bits per heavy atom. The number of methoxy groups -OCH3 is 1. The smallest absolute Gasteiger partial charge is 0.249 e. The fraction of sp³-hybridized carbons (Fsp3) is 0.353. The molecule has 1 aliphatic rings. The molecule has 3 heterocycles. The number of ether oxygens (including phenoxy) is 1. The van der Waals surface area contributed by atoms with Gasteiger partial charge in [0.2, 0.25) is 5.91 Å². The summed E-state index contributed by atoms with van der Waals surface area (Å²) in [5.41, 5.74) is 2.59. The van der Waals surface area contributed by atoms with Crippen molar-refractivity contribution < 1.29 is 9.53 Å². The number of aryl methyl sites for hydroxylation is 1. The number of imidazole rings is 1. The maximum atomic E-state index is 12.2. The van der Waals surface area contributed by atoms with E-state index < -0.39 is 0 Å². The maximum Gasteiger partial charge on any atom is 0.249 e. The van der Waals surface area contributed by atoms with Crippen LogP contribution < -0.4 is 4.74 Å². The van der Waals surface area contributed by atoms with Gasteiger partial charge in [-0.1, -0.05) is 0 Å². The lowest BCUT2D eigenvalue weighted by molar-refractivity contribution is -0.127. The van der Waals surface area contributed by atoms with Crippen molar-refractivity contribution in [2.45, 2.75) is 19.8 Å². The van der Waals surface area contributed by atoms with Crippen LogP contribution >= 0.6 is 0 Å². The van der Waals surface area contributed by atoms with Gasteiger partial charge in [-0.2, -0.15) is 0 Å². The predicted octanol–water partition coefficient (Wildman–Crippen LogP) is 2.22. The molecule has 0 radical (unpaired) electrons. The molecule has 2 aromatic rings. The van der Waals surface area contributed by atoms with Gasteiger partial charge < -0.3 is 9.64 Å². The molecule has 6 heteroatoms. The number of carbonyl (C=O) groups is 1. The van der Waals surface area contributed by atoms with Gasteiger partial charge in [0.15, 0.2) is 11.6 Å². The Bertz CT molecular complexity index is 764. The Hall–Kier alpha value is -2.63. The molecule has 0 bridgehead atoms. The molecule has 1 saturated heterocycles. The first kappa shape index (κ1) is 15.3. The molecule has 1 fully saturated rings. The fourth-order valence-corrected chi connectivity index (χ4v) is 2.71. The maximum absolute atomic E-state index is 12.2. The summed E-state index contributed by atoms with van der Waals surface area (Å²) in [4.78, 5) is 22.6. The number of nitrogens with zero attached hydrogens (tertiary/aromatic N) is 4. The molecular weight excluding hydrogens is 292 g/mol. The first-order valence-corrected chi connectivity index (χ1v) is 7.59. The van der Waals surface area contributed by atoms with Crippen LogP contribution in [0.5, 0.6) is 5.75 Å². The van der Waals surface area contributed by atoms with Crippen molar-refractivity contribution in [1.29, 1.82) is 0 Å². The van der Waals surface area contributed by atoms with E-state index in [-0.39, 0.29) is 5.91 Å². The predicted molar refractivity (Wildman–Crippen MR) is 87.5 cm³/mol. The monoisotopic (exact) mass is 312 g/mol. The van der Waals surface area contributed by atoms with E-state index in [0.29, 0.717) is 11.6 Å². The summed E-state index contributed by atoms with van der Waals surface area (Å²) in [7, 11) is 3.44. The first-order valence-electron chi connectivity index (χ1n) is 7.59. The Labute approximate surface area is 135 Å². The van der Waals surface area contributed by atoms with Crippen LogP contribution in [0.4, 0.5) is 0 Å². The van der Waals surface area contributed by atoms with Crippen molar-refractivity contribution in [3.05, 3.63) is 41.6 Å². The zero-order valence-corrected chi connectivity index (χ0v) is 13.6. The molecule has 3 rings (SSSR count). The molecule has 23 heavy (non-hydrogen) atoms. The number of hydrogen-bond acceptors (Lipinski definition) is 4. The van der Waals surface area contributed by atoms with Gasteiger partial charge in [0.05, 0.1) is 12.8 Å². The summed E-state index contributed by atoms with van der Waals surface area (Å²) in [6.45, 7) is 2.74. The highest BCUT2D eigenvalue weighted by atomic mass is 16.5. The summed E-state index contributed by atoms with van der Waals surface area (Å²) in [5, 5.41) is 0. The third kappa shape index (κ3) is 3.11. The van der Waals surface area contributed by atoms with E-state index in [1.54, 1.807) is 24.5 Å². The molecule has 2 aromatic heterocycles. The van der Waals surface area contributed by atoms with Gasteiger partial charge in [-0.3, -0.25) is 9.36 Å². The van der Waals surface area contributed by atoms with E-state index in [0.717, 1.165) is 36.2 Å². The molecule has 6 nitrogen and oxygen atoms in total. The van der Waals surface area contributed by atoms with Gasteiger partial charge in [0.1, 0.15) is 6.33 Å². The standard InChI is InChI=1S/C17H20N4O2/c1-12-10-21(11-19-12)16-15(23-3)8-13(9-18-16)7-14-5-4-6-20(2)17(14)22/h7-11H,4-6H2,1-3H3/b14-7+. The third-order valence-corrected chi connectivity index (χ3v) is 3.93. The van der Waals surface area contributed by atoms with Gasteiger partial charge >= 0.3 is 0 Å². The Morgan fingerprint density at radius 2 is 2.17 bits per heavy atom. The van der Waals surface area contributed by atoms with Crippen molar-refractivity contribution in [2.75, 3.05) is 20.7 Å². The molecule has 0 spiro atoms. The minimum absolute atomic E-state index is 0.0875. The van der Waals surface area contributed by atoms with Crippen molar-refractivity contribution in [3.63, 3.8) is 0 Å². The molecule has 0 N–H and O–H groups in total. The van der Waals surface area contributed by atoms with Crippen LogP contribution in [0.15, 0.2) is 30.4 Å². The zero-order valence-electron chi connectivity index (χ0n) is 13.6. The highest BCUT2D eigenvalue weighted by molar-refractivity contribution is 5.98. The van der Waals surface area contributed by atoms with Crippen LogP contribution in [0, 0.1) is 6.92 Å². The molecule has 0 saturated carbocycles. The van der Waals surface area contributed by atoms with Gasteiger partial charge in [0, 0.05) is 31.6 Å². The van der Waals surface area contributed by atoms with Crippen LogP contribution in [0.3, 0.4) is 0 Å². The summed E-state index contributed by atoms with van der Waals surface area (Å²) in [6.07, 6.45) is 9.04. The average molecular weight is 312 g/mol. The fourth-order valence-electron chi connectivity index (χ4n) is 2.71. The number of carbonyl (C=O) groups excluding carboxylic acids is 1. The molecule has 1 amide bonds. The van der Waals surface area contributed by atoms with Gasteiger partial charge in [0.25, 0.3) is 0 Å². The Balaban J connectivity index is 1.94. The highest BCUT2D eigenvalue weighted by Crippen LogP contribution is 2.25. The van der Waals surface area contributed by atoms with Crippen molar-refractivity contribution >= 4 is 12.0 Å². The van der Waals surface area contributed by atoms with E-state index in [1.165, 1.54) is 0 Å². The van der Waals surface area contributed by atoms with Crippen LogP contribution in [0.1, 0.15) is 24.1 Å². The molecule has 0 aromatic carbocycles. The molecule has 0 atom stereocenters. The summed E-state index contributed by atoms with van der Waals surface area (Å²) < 4.78 is 7.28. The van der Waals surface area contributed by atoms with Crippen LogP contribution in [-0.4, -0.2) is 46.0 Å². The van der Waals surface area contributed by atoms with Crippen molar-refractivity contribution in [3.8, 4) is 11.6 Å². The van der Waals surface area contributed by atoms with Gasteiger partial charge in [-0.15, -0.1) is 0 Å². The van der Waals surface area contributed by atoms with Crippen molar-refractivity contribution in [1.82, 2.24) is 19.4 Å². The third-order valence-electron chi connectivity index (χ3n) is 3.93. The Morgan fingerprint density at radius 3 is 2.87 bits per heavy atom. The van der Waals surface area contributed by atoms with Gasteiger partial charge in [-0.05, 0) is 37.5 Å². The van der Waals surface area contributed by atoms with E-state index >= 15 is 0 Å². The SMILES string of the molecule is COc1cc(/C=C2\CCCN(C)C2=O)cnc1-n1cnc(C)c1. The summed E-state index contributed by atoms with van der Waals surface area (Å²) in [5.74, 6) is 1.42. The largest absolute Gasteiger partial charge is 0.493 e. The number of hydrogen-bond donors (Lipinski definition) is 0. The second-order valence-electron chi connectivity index (χ2n) is 5.72. The molecule has 1 aliphatic heterocycles. The number of pyridine rings is 1. The molecule has 0 aliphatic carbocycles. The number of likely N-dealkylation sites (N-methyl/N-ethyl adjacent to an activating group) is 1. The van der Waals surface area contributed by atoms with Crippen LogP contribution in [0.2, 0.25) is 0 Å². The molecule has 0 unspecified atom stereocenters. The topological polar surface area (TPSA) is 60.2 Å². The normalized spacial score (nSPS) is 16.9. The number of likely N-dealkylation sites (tertiary alicyclic amines) is 1. The summed E-state index contributed by atoms with van der Waals surface area (Å²) >= 11 is 0. The minimum Gasteiger partial charge on any atom is -0.493 e. The number of piperidine rings is 1. The summed E-state index contributed by atoms with van der Waals surface area (Å²) in [6, 6.07) is 1.90. The second kappa shape index (κ2) is 6.24. The first-order chi connectivity index (χ1) is 11.1. The lowest BCUT2D eigenvalue weighted by Crippen LogP contribution is -2.33. The second-order valence-corrected chi connectivity index (χ2v) is 5.72. The molecule has 120 valence electrons. The Kier molecular flexibility index (Phi) is 4.14. The lowest BCUT2D eigenvalue weighted by Gasteiger charge is -2.24. The van der Waals surface area contributed by atoms with E-state index in [4.69, 9.17) is 4.74 Å². The van der Waals surface area contributed by atoms with Crippen molar-refractivity contribution in [2.24, 2.45) is 0 Å². The number of aromatic nitrogens is 3. The number of rotatable bonds is 3. The van der Waals surface area contributed by atoms with E-state index in [2.05, 4.69) is 9.97 Å². The average Bonchev–Trinajstić information content (AvgIpc) is 2.98.